The number of carbonyl (C=O) groups excluding carboxylic acids is 1. The number of benzene rings is 1. The zero-order valence-electron chi connectivity index (χ0n) is 7.71. The monoisotopic (exact) mass is 195 g/mol. The van der Waals surface area contributed by atoms with Gasteiger partial charge in [-0.25, -0.2) is 9.18 Å². The summed E-state index contributed by atoms with van der Waals surface area (Å²) in [5.41, 5.74) is 1.24. The Balaban J connectivity index is 2.26. The average Bonchev–Trinajstić information content (AvgIpc) is 2.62. The van der Waals surface area contributed by atoms with Gasteiger partial charge in [0.25, 0.3) is 0 Å². The third kappa shape index (κ3) is 1.32. The van der Waals surface area contributed by atoms with Crippen LogP contribution in [0.4, 0.5) is 10.1 Å². The van der Waals surface area contributed by atoms with Gasteiger partial charge in [-0.3, -0.25) is 0 Å². The molecule has 0 bridgehead atoms. The zero-order chi connectivity index (χ0) is 10.1. The van der Waals surface area contributed by atoms with Crippen LogP contribution in [0.5, 0.6) is 0 Å². The first-order valence-electron chi connectivity index (χ1n) is 4.34. The summed E-state index contributed by atoms with van der Waals surface area (Å²) in [6, 6.07) is 4.30. The number of fused-ring (bicyclic) bond motifs is 1. The third-order valence-electron chi connectivity index (χ3n) is 2.34. The molecule has 0 radical (unpaired) electrons. The van der Waals surface area contributed by atoms with E-state index in [9.17, 15) is 9.18 Å². The van der Waals surface area contributed by atoms with Crippen LogP contribution >= 0.6 is 0 Å². The molecular weight excluding hydrogens is 185 g/mol. The smallest absolute Gasteiger partial charge is 0.328 e. The average molecular weight is 195 g/mol. The van der Waals surface area contributed by atoms with Crippen molar-refractivity contribution in [3.8, 4) is 0 Å². The first kappa shape index (κ1) is 8.99. The Morgan fingerprint density at radius 2 is 2.43 bits per heavy atom. The summed E-state index contributed by atoms with van der Waals surface area (Å²) >= 11 is 0. The fourth-order valence-electron chi connectivity index (χ4n) is 1.63. The van der Waals surface area contributed by atoms with E-state index in [1.54, 1.807) is 12.1 Å². The number of nitrogens with one attached hydrogen (secondary N) is 1. The molecule has 0 spiro atoms. The van der Waals surface area contributed by atoms with Gasteiger partial charge in [0.2, 0.25) is 0 Å². The number of halogens is 1. The summed E-state index contributed by atoms with van der Waals surface area (Å²) in [4.78, 5) is 11.2. The fraction of sp³-hybridized carbons (Fsp3) is 0.300. The molecular formula is C10H10FNO2. The van der Waals surface area contributed by atoms with Crippen molar-refractivity contribution in [3.05, 3.63) is 29.6 Å². The molecule has 1 aromatic rings. The molecule has 1 aromatic carbocycles. The number of anilines is 1. The van der Waals surface area contributed by atoms with E-state index in [1.165, 1.54) is 13.2 Å². The van der Waals surface area contributed by atoms with Crippen LogP contribution in [0.15, 0.2) is 18.2 Å². The highest BCUT2D eigenvalue weighted by Gasteiger charge is 2.29. The van der Waals surface area contributed by atoms with Gasteiger partial charge in [-0.2, -0.15) is 0 Å². The van der Waals surface area contributed by atoms with E-state index in [0.29, 0.717) is 17.7 Å². The fourth-order valence-corrected chi connectivity index (χ4v) is 1.63. The van der Waals surface area contributed by atoms with Crippen molar-refractivity contribution in [3.63, 3.8) is 0 Å². The lowest BCUT2D eigenvalue weighted by Crippen LogP contribution is -2.27. The van der Waals surface area contributed by atoms with E-state index in [0.717, 1.165) is 0 Å². The summed E-state index contributed by atoms with van der Waals surface area (Å²) in [5.74, 6) is -0.637. The van der Waals surface area contributed by atoms with E-state index in [2.05, 4.69) is 10.1 Å². The van der Waals surface area contributed by atoms with E-state index in [1.807, 2.05) is 0 Å². The summed E-state index contributed by atoms with van der Waals surface area (Å²) in [6.07, 6.45) is 0.356. The van der Waals surface area contributed by atoms with Gasteiger partial charge in [-0.1, -0.05) is 6.07 Å². The Hall–Kier alpha value is -1.58. The van der Waals surface area contributed by atoms with E-state index in [-0.39, 0.29) is 11.8 Å². The number of methoxy groups -OCH3 is 1. The number of rotatable bonds is 1. The summed E-state index contributed by atoms with van der Waals surface area (Å²) in [6.45, 7) is 0. The molecule has 0 unspecified atom stereocenters. The Bertz CT molecular complexity index is 378. The van der Waals surface area contributed by atoms with Crippen LogP contribution in [-0.2, 0) is 16.0 Å². The number of hydrogen-bond acceptors (Lipinski definition) is 3. The van der Waals surface area contributed by atoms with Crippen LogP contribution in [0.3, 0.4) is 0 Å². The van der Waals surface area contributed by atoms with Gasteiger partial charge in [0, 0.05) is 17.7 Å². The van der Waals surface area contributed by atoms with Crippen molar-refractivity contribution >= 4 is 11.7 Å². The van der Waals surface area contributed by atoms with Crippen molar-refractivity contribution < 1.29 is 13.9 Å². The Kier molecular flexibility index (Phi) is 2.11. The maximum Gasteiger partial charge on any atom is 0.328 e. The molecule has 4 heteroatoms. The first-order chi connectivity index (χ1) is 6.72. The predicted molar refractivity (Wildman–Crippen MR) is 49.5 cm³/mol. The number of hydrogen-bond donors (Lipinski definition) is 1. The Labute approximate surface area is 80.9 Å². The van der Waals surface area contributed by atoms with Crippen molar-refractivity contribution in [1.82, 2.24) is 0 Å². The molecule has 1 heterocycles. The molecule has 14 heavy (non-hydrogen) atoms. The second-order valence-corrected chi connectivity index (χ2v) is 3.19. The van der Waals surface area contributed by atoms with Gasteiger partial charge >= 0.3 is 5.97 Å². The van der Waals surface area contributed by atoms with Gasteiger partial charge < -0.3 is 10.1 Å². The summed E-state index contributed by atoms with van der Waals surface area (Å²) in [7, 11) is 1.32. The lowest BCUT2D eigenvalue weighted by molar-refractivity contribution is -0.141. The predicted octanol–water partition coefficient (Wildman–Crippen LogP) is 1.34. The maximum atomic E-state index is 13.2. The first-order valence-corrected chi connectivity index (χ1v) is 4.34. The van der Waals surface area contributed by atoms with Crippen LogP contribution in [0.25, 0.3) is 0 Å². The molecule has 2 rings (SSSR count). The topological polar surface area (TPSA) is 38.3 Å². The summed E-state index contributed by atoms with van der Waals surface area (Å²) in [5, 5.41) is 2.91. The maximum absolute atomic E-state index is 13.2. The normalized spacial score (nSPS) is 18.6. The Morgan fingerprint density at radius 1 is 1.64 bits per heavy atom. The van der Waals surface area contributed by atoms with Gasteiger partial charge in [0.1, 0.15) is 11.9 Å². The van der Waals surface area contributed by atoms with Gasteiger partial charge in [0.05, 0.1) is 7.11 Å². The van der Waals surface area contributed by atoms with Crippen LogP contribution in [-0.4, -0.2) is 19.1 Å². The second-order valence-electron chi connectivity index (χ2n) is 3.19. The third-order valence-corrected chi connectivity index (χ3v) is 2.34. The lowest BCUT2D eigenvalue weighted by Gasteiger charge is -2.07. The number of esters is 1. The van der Waals surface area contributed by atoms with Crippen LogP contribution in [0, 0.1) is 5.82 Å². The van der Waals surface area contributed by atoms with Crippen molar-refractivity contribution in [2.24, 2.45) is 0 Å². The lowest BCUT2D eigenvalue weighted by atomic mass is 10.1. The molecule has 0 amide bonds. The molecule has 1 N–H and O–H groups in total. The highest BCUT2D eigenvalue weighted by atomic mass is 19.1. The molecule has 3 nitrogen and oxygen atoms in total. The van der Waals surface area contributed by atoms with Gasteiger partial charge in [0.15, 0.2) is 0 Å². The minimum absolute atomic E-state index is 0.276. The molecule has 0 saturated carbocycles. The van der Waals surface area contributed by atoms with Crippen molar-refractivity contribution in [2.45, 2.75) is 12.5 Å². The minimum atomic E-state index is -0.452. The zero-order valence-corrected chi connectivity index (χ0v) is 7.71. The molecule has 0 saturated heterocycles. The molecule has 0 aromatic heterocycles. The molecule has 0 aliphatic carbocycles. The van der Waals surface area contributed by atoms with Crippen LogP contribution in [0.1, 0.15) is 5.56 Å². The van der Waals surface area contributed by atoms with Gasteiger partial charge in [-0.15, -0.1) is 0 Å². The quantitative estimate of drug-likeness (QED) is 0.687. The molecule has 74 valence electrons. The number of ether oxygens (including phenoxy) is 1. The summed E-state index contributed by atoms with van der Waals surface area (Å²) < 4.78 is 17.8. The van der Waals surface area contributed by atoms with Crippen LogP contribution < -0.4 is 5.32 Å². The molecule has 0 fully saturated rings. The SMILES string of the molecule is COC(=O)[C@@H]1Cc2c(F)cccc2N1. The van der Waals surface area contributed by atoms with Crippen molar-refractivity contribution in [2.75, 3.05) is 12.4 Å². The largest absolute Gasteiger partial charge is 0.467 e. The van der Waals surface area contributed by atoms with E-state index >= 15 is 0 Å². The standard InChI is InChI=1S/C10H10FNO2/c1-14-10(13)9-5-6-7(11)3-2-4-8(6)12-9/h2-4,9,12H,5H2,1H3/t9-/m0/s1. The van der Waals surface area contributed by atoms with E-state index < -0.39 is 6.04 Å². The molecule has 1 aliphatic rings. The molecule has 1 aliphatic heterocycles. The highest BCUT2D eigenvalue weighted by molar-refractivity contribution is 5.82. The Morgan fingerprint density at radius 3 is 3.07 bits per heavy atom. The minimum Gasteiger partial charge on any atom is -0.467 e. The molecule has 1 atom stereocenters. The van der Waals surface area contributed by atoms with Crippen LogP contribution in [0.2, 0.25) is 0 Å². The highest BCUT2D eigenvalue weighted by Crippen LogP contribution is 2.28. The van der Waals surface area contributed by atoms with Crippen molar-refractivity contribution in [1.29, 1.82) is 0 Å². The van der Waals surface area contributed by atoms with Gasteiger partial charge in [-0.05, 0) is 12.1 Å². The van der Waals surface area contributed by atoms with E-state index in [4.69, 9.17) is 0 Å². The number of carbonyl (C=O) groups is 1. The second kappa shape index (κ2) is 3.29.